The van der Waals surface area contributed by atoms with Crippen molar-refractivity contribution >= 4 is 29.7 Å². The molecule has 194 valence electrons. The van der Waals surface area contributed by atoms with Gasteiger partial charge in [0, 0.05) is 12.8 Å². The van der Waals surface area contributed by atoms with Crippen molar-refractivity contribution in [3.05, 3.63) is 35.9 Å². The van der Waals surface area contributed by atoms with E-state index in [0.717, 1.165) is 0 Å². The van der Waals surface area contributed by atoms with Crippen LogP contribution in [0.1, 0.15) is 38.7 Å². The fraction of sp³-hybridized carbons (Fsp3) is 0.522. The first-order valence-electron chi connectivity index (χ1n) is 11.3. The van der Waals surface area contributed by atoms with E-state index in [1.807, 2.05) is 0 Å². The summed E-state index contributed by atoms with van der Waals surface area (Å²) in [6.07, 6.45) is 0.0156. The Balaban J connectivity index is 2.99. The van der Waals surface area contributed by atoms with E-state index in [0.29, 0.717) is 12.0 Å². The Labute approximate surface area is 203 Å². The molecule has 0 spiro atoms. The lowest BCUT2D eigenvalue weighted by Gasteiger charge is -2.25. The smallest absolute Gasteiger partial charge is 0.326 e. The highest BCUT2D eigenvalue weighted by atomic mass is 16.4. The number of aliphatic hydroxyl groups excluding tert-OH is 1. The minimum Gasteiger partial charge on any atom is -0.481 e. The maximum Gasteiger partial charge on any atom is 0.326 e. The van der Waals surface area contributed by atoms with Crippen molar-refractivity contribution < 1.29 is 39.3 Å². The Kier molecular flexibility index (Phi) is 12.4. The number of aliphatic hydroxyl groups is 1. The normalized spacial score (nSPS) is 15.1. The molecule has 5 atom stereocenters. The lowest BCUT2D eigenvalue weighted by Crippen LogP contribution is -2.59. The van der Waals surface area contributed by atoms with Gasteiger partial charge in [-0.2, -0.15) is 0 Å². The molecule has 0 aromatic heterocycles. The number of carboxylic acids is 2. The fourth-order valence-electron chi connectivity index (χ4n) is 3.15. The van der Waals surface area contributed by atoms with Gasteiger partial charge in [-0.05, 0) is 17.9 Å². The predicted molar refractivity (Wildman–Crippen MR) is 125 cm³/mol. The molecular weight excluding hydrogens is 460 g/mol. The van der Waals surface area contributed by atoms with E-state index in [1.165, 1.54) is 0 Å². The van der Waals surface area contributed by atoms with Crippen LogP contribution >= 0.6 is 0 Å². The molecule has 0 aliphatic carbocycles. The Morgan fingerprint density at radius 1 is 0.914 bits per heavy atom. The first-order chi connectivity index (χ1) is 16.5. The van der Waals surface area contributed by atoms with Crippen molar-refractivity contribution in [3.63, 3.8) is 0 Å². The second kappa shape index (κ2) is 14.7. The van der Waals surface area contributed by atoms with Crippen LogP contribution < -0.4 is 21.7 Å². The van der Waals surface area contributed by atoms with Gasteiger partial charge in [-0.3, -0.25) is 19.2 Å². The molecular formula is C23H34N4O8. The third-order valence-electron chi connectivity index (χ3n) is 5.51. The second-order valence-electron chi connectivity index (χ2n) is 8.24. The maximum atomic E-state index is 13.0. The molecule has 3 amide bonds. The number of benzene rings is 1. The van der Waals surface area contributed by atoms with Crippen molar-refractivity contribution in [2.24, 2.45) is 11.7 Å². The standard InChI is InChI=1S/C23H34N4O8/c1-3-13(2)19(23(34)35)27-22(33)17(12-28)26-21(32)16(11-14-7-5-4-6-8-14)25-20(31)15(24)9-10-18(29)30/h4-8,13,15-17,19,28H,3,9-12,24H2,1-2H3,(H,25,31)(H,26,32)(H,27,33)(H,29,30)(H,34,35). The van der Waals surface area contributed by atoms with Gasteiger partial charge >= 0.3 is 11.9 Å². The van der Waals surface area contributed by atoms with Crippen LogP contribution in [0.5, 0.6) is 0 Å². The van der Waals surface area contributed by atoms with Gasteiger partial charge in [-0.25, -0.2) is 4.79 Å². The third-order valence-corrected chi connectivity index (χ3v) is 5.51. The van der Waals surface area contributed by atoms with E-state index in [1.54, 1.807) is 44.2 Å². The molecule has 5 unspecified atom stereocenters. The first-order valence-corrected chi connectivity index (χ1v) is 11.3. The zero-order chi connectivity index (χ0) is 26.5. The van der Waals surface area contributed by atoms with E-state index in [2.05, 4.69) is 16.0 Å². The molecule has 1 rings (SSSR count). The summed E-state index contributed by atoms with van der Waals surface area (Å²) in [5.41, 5.74) is 6.42. The van der Waals surface area contributed by atoms with E-state index in [9.17, 15) is 34.2 Å². The number of nitrogens with one attached hydrogen (secondary N) is 3. The predicted octanol–water partition coefficient (Wildman–Crippen LogP) is -1.00. The molecule has 0 aliphatic rings. The van der Waals surface area contributed by atoms with E-state index in [4.69, 9.17) is 10.8 Å². The largest absolute Gasteiger partial charge is 0.481 e. The van der Waals surface area contributed by atoms with Crippen LogP contribution in [0.25, 0.3) is 0 Å². The number of carbonyl (C=O) groups is 5. The molecule has 0 radical (unpaired) electrons. The van der Waals surface area contributed by atoms with Crippen LogP contribution in [0, 0.1) is 5.92 Å². The SMILES string of the molecule is CCC(C)C(NC(=O)C(CO)NC(=O)C(Cc1ccccc1)NC(=O)C(N)CCC(=O)O)C(=O)O. The number of carbonyl (C=O) groups excluding carboxylic acids is 3. The maximum absolute atomic E-state index is 13.0. The topological polar surface area (TPSA) is 208 Å². The van der Waals surface area contributed by atoms with Crippen LogP contribution in [0.15, 0.2) is 30.3 Å². The Hall–Kier alpha value is -3.51. The summed E-state index contributed by atoms with van der Waals surface area (Å²) in [5, 5.41) is 35.0. The summed E-state index contributed by atoms with van der Waals surface area (Å²) >= 11 is 0. The number of nitrogens with two attached hydrogens (primary N) is 1. The molecule has 1 aromatic carbocycles. The summed E-state index contributed by atoms with van der Waals surface area (Å²) in [7, 11) is 0. The summed E-state index contributed by atoms with van der Waals surface area (Å²) in [6.45, 7) is 2.59. The lowest BCUT2D eigenvalue weighted by atomic mass is 9.99. The highest BCUT2D eigenvalue weighted by Crippen LogP contribution is 2.09. The molecule has 12 nitrogen and oxygen atoms in total. The van der Waals surface area contributed by atoms with Crippen molar-refractivity contribution in [2.75, 3.05) is 6.61 Å². The van der Waals surface area contributed by atoms with Crippen molar-refractivity contribution in [2.45, 2.75) is 63.7 Å². The number of hydrogen-bond acceptors (Lipinski definition) is 7. The van der Waals surface area contributed by atoms with Gasteiger partial charge in [0.2, 0.25) is 17.7 Å². The number of rotatable bonds is 15. The highest BCUT2D eigenvalue weighted by Gasteiger charge is 2.31. The highest BCUT2D eigenvalue weighted by molar-refractivity contribution is 5.94. The van der Waals surface area contributed by atoms with E-state index >= 15 is 0 Å². The Morgan fingerprint density at radius 2 is 1.49 bits per heavy atom. The van der Waals surface area contributed by atoms with E-state index < -0.39 is 66.4 Å². The van der Waals surface area contributed by atoms with Crippen molar-refractivity contribution in [1.29, 1.82) is 0 Å². The van der Waals surface area contributed by atoms with Crippen molar-refractivity contribution in [1.82, 2.24) is 16.0 Å². The lowest BCUT2D eigenvalue weighted by molar-refractivity contribution is -0.144. The van der Waals surface area contributed by atoms with Gasteiger partial charge < -0.3 is 37.0 Å². The third kappa shape index (κ3) is 10.1. The van der Waals surface area contributed by atoms with Gasteiger partial charge in [-0.15, -0.1) is 0 Å². The molecule has 8 N–H and O–H groups in total. The molecule has 0 fully saturated rings. The van der Waals surface area contributed by atoms with Crippen LogP contribution in [0.3, 0.4) is 0 Å². The van der Waals surface area contributed by atoms with Crippen LogP contribution in [-0.2, 0) is 30.4 Å². The first kappa shape index (κ1) is 29.5. The number of hydrogen-bond donors (Lipinski definition) is 7. The van der Waals surface area contributed by atoms with Gasteiger partial charge in [0.05, 0.1) is 12.6 Å². The summed E-state index contributed by atoms with van der Waals surface area (Å²) in [6, 6.07) is 3.60. The van der Waals surface area contributed by atoms with Gasteiger partial charge in [-0.1, -0.05) is 50.6 Å². The molecule has 0 saturated carbocycles. The Bertz CT molecular complexity index is 880. The number of aliphatic carboxylic acids is 2. The number of amides is 3. The van der Waals surface area contributed by atoms with Crippen LogP contribution in [0.2, 0.25) is 0 Å². The average Bonchev–Trinajstić information content (AvgIpc) is 2.83. The average molecular weight is 495 g/mol. The van der Waals surface area contributed by atoms with Gasteiger partial charge in [0.1, 0.15) is 18.1 Å². The molecule has 0 saturated heterocycles. The molecule has 0 bridgehead atoms. The molecule has 0 aliphatic heterocycles. The minimum absolute atomic E-state index is 0.0223. The second-order valence-corrected chi connectivity index (χ2v) is 8.24. The van der Waals surface area contributed by atoms with Crippen LogP contribution in [-0.4, -0.2) is 75.8 Å². The molecule has 12 heteroatoms. The monoisotopic (exact) mass is 494 g/mol. The molecule has 35 heavy (non-hydrogen) atoms. The Morgan fingerprint density at radius 3 is 2.00 bits per heavy atom. The quantitative estimate of drug-likeness (QED) is 0.159. The van der Waals surface area contributed by atoms with Gasteiger partial charge in [0.25, 0.3) is 0 Å². The van der Waals surface area contributed by atoms with Gasteiger partial charge in [0.15, 0.2) is 0 Å². The molecule has 0 heterocycles. The summed E-state index contributed by atoms with van der Waals surface area (Å²) < 4.78 is 0. The van der Waals surface area contributed by atoms with Crippen LogP contribution in [0.4, 0.5) is 0 Å². The van der Waals surface area contributed by atoms with Crippen molar-refractivity contribution in [3.8, 4) is 0 Å². The minimum atomic E-state index is -1.47. The fourth-order valence-corrected chi connectivity index (χ4v) is 3.15. The molecule has 1 aromatic rings. The summed E-state index contributed by atoms with van der Waals surface area (Å²) in [4.78, 5) is 60.3. The zero-order valence-corrected chi connectivity index (χ0v) is 19.8. The summed E-state index contributed by atoms with van der Waals surface area (Å²) in [5.74, 6) is -5.23. The number of carboxylic acid groups (broad SMARTS) is 2. The van der Waals surface area contributed by atoms with E-state index in [-0.39, 0.29) is 19.3 Å². The zero-order valence-electron chi connectivity index (χ0n) is 19.8.